The van der Waals surface area contributed by atoms with Crippen LogP contribution in [0.5, 0.6) is 0 Å². The molecular weight excluding hydrogens is 560 g/mol. The van der Waals surface area contributed by atoms with Crippen molar-refractivity contribution in [2.75, 3.05) is 23.7 Å². The standard InChI is InChI=1S/C29H34N6O6S/c1-19-20(18-40-33-19)16-25(36)32-24-17-30-27-23(12-15-35(27)42(38,39)22-8-6-5-7-9-22)26(24)31-21-10-13-34(14-11-21)28(37)41-29(2,3)4/h5-9,12,15,17-18,21H,10-11,13-14,16H2,1-4H3,(H,30,31)(H,32,36). The Bertz CT molecular complexity index is 1700. The third kappa shape index (κ3) is 6.25. The second-order valence-electron chi connectivity index (χ2n) is 11.2. The molecule has 4 aromatic rings. The molecule has 2 N–H and O–H groups in total. The Hall–Kier alpha value is -4.39. The van der Waals surface area contributed by atoms with E-state index in [0.717, 1.165) is 3.97 Å². The Morgan fingerprint density at radius 3 is 2.48 bits per heavy atom. The number of amides is 2. The molecule has 0 aliphatic carbocycles. The SMILES string of the molecule is Cc1nocc1CC(=O)Nc1cnc2c(ccn2S(=O)(=O)c2ccccc2)c1NC1CCN(C(=O)OC(C)(C)C)CC1. The highest BCUT2D eigenvalue weighted by atomic mass is 32.2. The Morgan fingerprint density at radius 2 is 1.83 bits per heavy atom. The number of nitrogens with one attached hydrogen (secondary N) is 2. The van der Waals surface area contributed by atoms with Gasteiger partial charge in [0.25, 0.3) is 10.0 Å². The van der Waals surface area contributed by atoms with E-state index in [4.69, 9.17) is 9.26 Å². The largest absolute Gasteiger partial charge is 0.444 e. The van der Waals surface area contributed by atoms with E-state index in [2.05, 4.69) is 20.8 Å². The van der Waals surface area contributed by atoms with Crippen LogP contribution in [-0.2, 0) is 26.0 Å². The van der Waals surface area contributed by atoms with Gasteiger partial charge < -0.3 is 24.8 Å². The van der Waals surface area contributed by atoms with Crippen LogP contribution < -0.4 is 10.6 Å². The molecule has 0 saturated carbocycles. The maximum atomic E-state index is 13.5. The molecule has 0 spiro atoms. The second kappa shape index (κ2) is 11.5. The van der Waals surface area contributed by atoms with Crippen molar-refractivity contribution in [3.8, 4) is 0 Å². The fraction of sp³-hybridized carbons (Fsp3) is 0.379. The van der Waals surface area contributed by atoms with Crippen molar-refractivity contribution in [1.29, 1.82) is 0 Å². The number of pyridine rings is 1. The molecule has 1 fully saturated rings. The fourth-order valence-corrected chi connectivity index (χ4v) is 6.12. The van der Waals surface area contributed by atoms with Crippen LogP contribution in [0.25, 0.3) is 11.0 Å². The first-order chi connectivity index (χ1) is 19.9. The number of rotatable bonds is 7. The van der Waals surface area contributed by atoms with E-state index in [1.807, 2.05) is 20.8 Å². The van der Waals surface area contributed by atoms with Crippen molar-refractivity contribution in [1.82, 2.24) is 19.0 Å². The van der Waals surface area contributed by atoms with E-state index in [1.54, 1.807) is 36.1 Å². The molecule has 1 saturated heterocycles. The number of hydrogen-bond acceptors (Lipinski definition) is 9. The number of hydrogen-bond donors (Lipinski definition) is 2. The Kier molecular flexibility index (Phi) is 7.95. The third-order valence-electron chi connectivity index (χ3n) is 6.95. The summed E-state index contributed by atoms with van der Waals surface area (Å²) in [5, 5.41) is 10.8. The lowest BCUT2D eigenvalue weighted by molar-refractivity contribution is -0.115. The second-order valence-corrected chi connectivity index (χ2v) is 13.1. The molecule has 222 valence electrons. The Morgan fingerprint density at radius 1 is 1.12 bits per heavy atom. The number of carbonyl (C=O) groups excluding carboxylic acids is 2. The van der Waals surface area contributed by atoms with E-state index < -0.39 is 15.6 Å². The molecule has 0 unspecified atom stereocenters. The van der Waals surface area contributed by atoms with E-state index >= 15 is 0 Å². The van der Waals surface area contributed by atoms with Gasteiger partial charge in [0.05, 0.1) is 34.6 Å². The molecular formula is C29H34N6O6S. The summed E-state index contributed by atoms with van der Waals surface area (Å²) in [5.74, 6) is -0.304. The maximum absolute atomic E-state index is 13.5. The number of aryl methyl sites for hydroxylation is 1. The highest BCUT2D eigenvalue weighted by molar-refractivity contribution is 7.90. The summed E-state index contributed by atoms with van der Waals surface area (Å²) in [7, 11) is -3.92. The number of aromatic nitrogens is 3. The maximum Gasteiger partial charge on any atom is 0.410 e. The predicted octanol–water partition coefficient (Wildman–Crippen LogP) is 4.56. The van der Waals surface area contributed by atoms with Gasteiger partial charge in [-0.2, -0.15) is 0 Å². The molecule has 5 rings (SSSR count). The molecule has 0 bridgehead atoms. The number of nitrogens with zero attached hydrogens (tertiary/aromatic N) is 4. The number of piperidine rings is 1. The molecule has 2 amide bonds. The van der Waals surface area contributed by atoms with Crippen LogP contribution >= 0.6 is 0 Å². The molecule has 1 aliphatic heterocycles. The van der Waals surface area contributed by atoms with Gasteiger partial charge in [-0.1, -0.05) is 23.4 Å². The molecule has 13 heteroatoms. The molecule has 3 aromatic heterocycles. The smallest absolute Gasteiger partial charge is 0.410 e. The number of likely N-dealkylation sites (tertiary alicyclic amines) is 1. The van der Waals surface area contributed by atoms with Gasteiger partial charge in [-0.05, 0) is 58.7 Å². The van der Waals surface area contributed by atoms with Gasteiger partial charge in [-0.25, -0.2) is 22.2 Å². The van der Waals surface area contributed by atoms with Gasteiger partial charge in [-0.15, -0.1) is 0 Å². The number of ether oxygens (including phenoxy) is 1. The predicted molar refractivity (Wildman–Crippen MR) is 157 cm³/mol. The molecule has 0 atom stereocenters. The summed E-state index contributed by atoms with van der Waals surface area (Å²) in [6, 6.07) is 9.73. The lowest BCUT2D eigenvalue weighted by Gasteiger charge is -2.34. The van der Waals surface area contributed by atoms with Crippen LogP contribution in [0, 0.1) is 6.92 Å². The van der Waals surface area contributed by atoms with Crippen molar-refractivity contribution in [2.24, 2.45) is 0 Å². The van der Waals surface area contributed by atoms with Gasteiger partial charge in [0.15, 0.2) is 5.65 Å². The zero-order valence-electron chi connectivity index (χ0n) is 24.0. The minimum absolute atomic E-state index is 0.0461. The monoisotopic (exact) mass is 594 g/mol. The number of carbonyl (C=O) groups is 2. The van der Waals surface area contributed by atoms with Gasteiger partial charge in [0, 0.05) is 36.3 Å². The minimum atomic E-state index is -3.92. The van der Waals surface area contributed by atoms with E-state index in [0.29, 0.717) is 53.9 Å². The third-order valence-corrected chi connectivity index (χ3v) is 8.63. The number of anilines is 2. The van der Waals surface area contributed by atoms with E-state index in [-0.39, 0.29) is 35.0 Å². The highest BCUT2D eigenvalue weighted by Crippen LogP contribution is 2.34. The van der Waals surface area contributed by atoms with Crippen LogP contribution in [0.4, 0.5) is 16.2 Å². The average molecular weight is 595 g/mol. The number of benzene rings is 1. The molecule has 12 nitrogen and oxygen atoms in total. The molecule has 4 heterocycles. The highest BCUT2D eigenvalue weighted by Gasteiger charge is 2.29. The average Bonchev–Trinajstić information content (AvgIpc) is 3.56. The molecule has 1 aliphatic rings. The summed E-state index contributed by atoms with van der Waals surface area (Å²) in [6.07, 6.45) is 5.29. The number of fused-ring (bicyclic) bond motifs is 1. The van der Waals surface area contributed by atoms with Crippen molar-refractivity contribution in [3.05, 3.63) is 66.3 Å². The van der Waals surface area contributed by atoms with Gasteiger partial charge in [-0.3, -0.25) is 4.79 Å². The van der Waals surface area contributed by atoms with Crippen LogP contribution in [0.15, 0.2) is 64.5 Å². The normalized spacial score (nSPS) is 14.6. The van der Waals surface area contributed by atoms with Crippen molar-refractivity contribution >= 4 is 44.4 Å². The topological polar surface area (TPSA) is 149 Å². The first-order valence-electron chi connectivity index (χ1n) is 13.7. The van der Waals surface area contributed by atoms with Crippen molar-refractivity contribution in [3.63, 3.8) is 0 Å². The van der Waals surface area contributed by atoms with E-state index in [1.165, 1.54) is 30.8 Å². The molecule has 42 heavy (non-hydrogen) atoms. The molecule has 1 aromatic carbocycles. The first-order valence-corrected chi connectivity index (χ1v) is 15.1. The van der Waals surface area contributed by atoms with E-state index in [9.17, 15) is 18.0 Å². The zero-order valence-corrected chi connectivity index (χ0v) is 24.8. The molecule has 0 radical (unpaired) electrons. The van der Waals surface area contributed by atoms with Crippen LogP contribution in [0.2, 0.25) is 0 Å². The van der Waals surface area contributed by atoms with Gasteiger partial charge in [0.1, 0.15) is 11.9 Å². The first kappa shape index (κ1) is 29.1. The van der Waals surface area contributed by atoms with Crippen LogP contribution in [0.3, 0.4) is 0 Å². The van der Waals surface area contributed by atoms with Crippen LogP contribution in [-0.4, -0.2) is 64.2 Å². The van der Waals surface area contributed by atoms with Crippen molar-refractivity contribution in [2.45, 2.75) is 63.5 Å². The summed E-state index contributed by atoms with van der Waals surface area (Å²) < 4.78 is 38.5. The van der Waals surface area contributed by atoms with Gasteiger partial charge in [0.2, 0.25) is 5.91 Å². The fourth-order valence-electron chi connectivity index (χ4n) is 4.80. The Labute approximate surface area is 244 Å². The summed E-state index contributed by atoms with van der Waals surface area (Å²) in [6.45, 7) is 8.22. The lowest BCUT2D eigenvalue weighted by Crippen LogP contribution is -2.44. The lowest BCUT2D eigenvalue weighted by atomic mass is 10.0. The quantitative estimate of drug-likeness (QED) is 0.314. The van der Waals surface area contributed by atoms with Crippen molar-refractivity contribution < 1.29 is 27.3 Å². The summed E-state index contributed by atoms with van der Waals surface area (Å²) in [4.78, 5) is 31.8. The minimum Gasteiger partial charge on any atom is -0.444 e. The van der Waals surface area contributed by atoms with Crippen LogP contribution in [0.1, 0.15) is 44.9 Å². The zero-order chi connectivity index (χ0) is 30.1. The summed E-state index contributed by atoms with van der Waals surface area (Å²) in [5.41, 5.74) is 1.88. The Balaban J connectivity index is 1.44. The summed E-state index contributed by atoms with van der Waals surface area (Å²) >= 11 is 0. The van der Waals surface area contributed by atoms with Gasteiger partial charge >= 0.3 is 6.09 Å².